The molecule has 0 fully saturated rings. The van der Waals surface area contributed by atoms with E-state index in [2.05, 4.69) is 52.0 Å². The maximum Gasteiger partial charge on any atom is 0.251 e. The van der Waals surface area contributed by atoms with Crippen LogP contribution in [0.15, 0.2) is 24.3 Å². The average Bonchev–Trinajstić information content (AvgIpc) is 2.55. The lowest BCUT2D eigenvalue weighted by atomic mass is 10.2. The highest BCUT2D eigenvalue weighted by atomic mass is 28.4. The topological polar surface area (TPSA) is 9.23 Å². The van der Waals surface area contributed by atoms with Crippen LogP contribution in [-0.2, 0) is 0 Å². The molecule has 0 saturated heterocycles. The highest BCUT2D eigenvalue weighted by Crippen LogP contribution is 2.30. The fraction of sp³-hybridized carbons (Fsp3) is 0.714. The second-order valence-electron chi connectivity index (χ2n) is 7.08. The highest BCUT2D eigenvalue weighted by Gasteiger charge is 2.33. The van der Waals surface area contributed by atoms with Crippen molar-refractivity contribution >= 4 is 8.32 Å². The Hall–Kier alpha value is -0.763. The largest absolute Gasteiger partial charge is 0.543 e. The number of hydrogen-bond acceptors (Lipinski definition) is 1. The molecule has 0 bridgehead atoms. The van der Waals surface area contributed by atoms with Gasteiger partial charge in [-0.3, -0.25) is 0 Å². The van der Waals surface area contributed by atoms with Crippen molar-refractivity contribution in [3.8, 4) is 5.75 Å². The van der Waals surface area contributed by atoms with Crippen molar-refractivity contribution < 1.29 is 4.43 Å². The van der Waals surface area contributed by atoms with Crippen LogP contribution in [0.4, 0.5) is 0 Å². The minimum atomic E-state index is -1.63. The Morgan fingerprint density at radius 1 is 0.826 bits per heavy atom. The van der Waals surface area contributed by atoms with Gasteiger partial charge in [0, 0.05) is 0 Å². The molecule has 0 atom stereocenters. The molecule has 0 spiro atoms. The van der Waals surface area contributed by atoms with Gasteiger partial charge in [-0.2, -0.15) is 0 Å². The zero-order valence-corrected chi connectivity index (χ0v) is 17.0. The normalized spacial score (nSPS) is 11.7. The van der Waals surface area contributed by atoms with E-state index in [1.807, 2.05) is 0 Å². The number of aryl methyl sites for hydroxylation is 1. The minimum Gasteiger partial charge on any atom is -0.543 e. The molecule has 0 amide bonds. The van der Waals surface area contributed by atoms with Crippen LogP contribution in [0.1, 0.15) is 77.7 Å². The SMILES string of the molecule is CCCCCC[Si](CC)(CCCCCC)Oc1cccc(C)c1. The van der Waals surface area contributed by atoms with Crippen LogP contribution in [0.2, 0.25) is 18.1 Å². The fourth-order valence-corrected chi connectivity index (χ4v) is 7.05. The lowest BCUT2D eigenvalue weighted by Crippen LogP contribution is -2.40. The molecule has 1 aromatic carbocycles. The lowest BCUT2D eigenvalue weighted by Gasteiger charge is -2.32. The molecule has 0 radical (unpaired) electrons. The maximum atomic E-state index is 6.73. The van der Waals surface area contributed by atoms with Crippen molar-refractivity contribution in [2.45, 2.75) is 97.2 Å². The Kier molecular flexibility index (Phi) is 10.3. The number of rotatable bonds is 13. The van der Waals surface area contributed by atoms with E-state index in [1.165, 1.54) is 75.1 Å². The third-order valence-electron chi connectivity index (χ3n) is 4.94. The predicted octanol–water partition coefficient (Wildman–Crippen LogP) is 7.50. The van der Waals surface area contributed by atoms with Crippen LogP contribution >= 0.6 is 0 Å². The van der Waals surface area contributed by atoms with E-state index in [9.17, 15) is 0 Å². The molecule has 1 nitrogen and oxygen atoms in total. The Morgan fingerprint density at radius 3 is 1.91 bits per heavy atom. The van der Waals surface area contributed by atoms with Gasteiger partial charge in [0.05, 0.1) is 0 Å². The molecule has 0 aliphatic heterocycles. The van der Waals surface area contributed by atoms with E-state index in [0.717, 1.165) is 5.75 Å². The molecule has 0 unspecified atom stereocenters. The molecule has 23 heavy (non-hydrogen) atoms. The molecule has 2 heteroatoms. The van der Waals surface area contributed by atoms with Gasteiger partial charge in [-0.15, -0.1) is 0 Å². The molecular weight excluding hydrogens is 296 g/mol. The average molecular weight is 335 g/mol. The first-order valence-corrected chi connectivity index (χ1v) is 12.4. The predicted molar refractivity (Wildman–Crippen MR) is 106 cm³/mol. The second-order valence-corrected chi connectivity index (χ2v) is 11.4. The summed E-state index contributed by atoms with van der Waals surface area (Å²) in [6, 6.07) is 12.6. The Balaban J connectivity index is 2.70. The van der Waals surface area contributed by atoms with E-state index in [1.54, 1.807) is 0 Å². The summed E-state index contributed by atoms with van der Waals surface area (Å²) in [6.07, 6.45) is 10.8. The van der Waals surface area contributed by atoms with Crippen molar-refractivity contribution in [2.24, 2.45) is 0 Å². The third-order valence-corrected chi connectivity index (χ3v) is 9.43. The molecule has 0 aliphatic rings. The van der Waals surface area contributed by atoms with Crippen molar-refractivity contribution in [3.63, 3.8) is 0 Å². The van der Waals surface area contributed by atoms with E-state index in [-0.39, 0.29) is 0 Å². The highest BCUT2D eigenvalue weighted by molar-refractivity contribution is 6.74. The Labute approximate surface area is 146 Å². The first-order valence-electron chi connectivity index (χ1n) is 9.91. The maximum absolute atomic E-state index is 6.73. The van der Waals surface area contributed by atoms with Gasteiger partial charge in [0.15, 0.2) is 0 Å². The summed E-state index contributed by atoms with van der Waals surface area (Å²) in [4.78, 5) is 0. The van der Waals surface area contributed by atoms with Gasteiger partial charge < -0.3 is 4.43 Å². The summed E-state index contributed by atoms with van der Waals surface area (Å²) >= 11 is 0. The summed E-state index contributed by atoms with van der Waals surface area (Å²) < 4.78 is 6.73. The molecule has 1 aromatic rings. The van der Waals surface area contributed by atoms with Crippen molar-refractivity contribution in [2.75, 3.05) is 0 Å². The van der Waals surface area contributed by atoms with Gasteiger partial charge in [-0.1, -0.05) is 84.3 Å². The van der Waals surface area contributed by atoms with Crippen LogP contribution in [0.25, 0.3) is 0 Å². The lowest BCUT2D eigenvalue weighted by molar-refractivity contribution is 0.511. The van der Waals surface area contributed by atoms with Gasteiger partial charge >= 0.3 is 0 Å². The van der Waals surface area contributed by atoms with Gasteiger partial charge in [0.25, 0.3) is 8.32 Å². The summed E-state index contributed by atoms with van der Waals surface area (Å²) in [5.41, 5.74) is 1.30. The molecule has 0 aliphatic carbocycles. The first-order chi connectivity index (χ1) is 11.2. The summed E-state index contributed by atoms with van der Waals surface area (Å²) in [5.74, 6) is 1.12. The molecule has 1 rings (SSSR count). The van der Waals surface area contributed by atoms with Crippen molar-refractivity contribution in [1.29, 1.82) is 0 Å². The first kappa shape index (κ1) is 20.3. The van der Waals surface area contributed by atoms with E-state index >= 15 is 0 Å². The molecule has 0 N–H and O–H groups in total. The fourth-order valence-electron chi connectivity index (χ4n) is 3.33. The molecule has 132 valence electrons. The zero-order chi connectivity index (χ0) is 17.0. The Morgan fingerprint density at radius 2 is 1.43 bits per heavy atom. The van der Waals surface area contributed by atoms with E-state index in [4.69, 9.17) is 4.43 Å². The molecular formula is C21H38OSi. The van der Waals surface area contributed by atoms with Gasteiger partial charge in [0.2, 0.25) is 0 Å². The monoisotopic (exact) mass is 334 g/mol. The smallest absolute Gasteiger partial charge is 0.251 e. The van der Waals surface area contributed by atoms with Gasteiger partial charge in [-0.05, 0) is 42.8 Å². The van der Waals surface area contributed by atoms with Crippen LogP contribution in [0.5, 0.6) is 5.75 Å². The van der Waals surface area contributed by atoms with Crippen molar-refractivity contribution in [3.05, 3.63) is 29.8 Å². The van der Waals surface area contributed by atoms with Crippen LogP contribution in [-0.4, -0.2) is 8.32 Å². The quantitative estimate of drug-likeness (QED) is 0.268. The summed E-state index contributed by atoms with van der Waals surface area (Å²) in [7, 11) is -1.63. The molecule has 0 aromatic heterocycles. The van der Waals surface area contributed by atoms with Crippen LogP contribution < -0.4 is 4.43 Å². The Bertz CT molecular complexity index is 404. The zero-order valence-electron chi connectivity index (χ0n) is 16.0. The standard InChI is InChI=1S/C21H38OSi/c1-5-8-10-12-17-23(7-3,18-13-11-9-6-2)22-21-16-14-15-20(4)19-21/h14-16,19H,5-13,17-18H2,1-4H3. The second kappa shape index (κ2) is 11.7. The van der Waals surface area contributed by atoms with Crippen LogP contribution in [0, 0.1) is 6.92 Å². The summed E-state index contributed by atoms with van der Waals surface area (Å²) in [5, 5.41) is 0. The number of benzene rings is 1. The van der Waals surface area contributed by atoms with Gasteiger partial charge in [-0.25, -0.2) is 0 Å². The van der Waals surface area contributed by atoms with E-state index < -0.39 is 8.32 Å². The molecule has 0 saturated carbocycles. The number of unbranched alkanes of at least 4 members (excludes halogenated alkanes) is 6. The third kappa shape index (κ3) is 8.05. The minimum absolute atomic E-state index is 1.12. The van der Waals surface area contributed by atoms with Crippen molar-refractivity contribution in [1.82, 2.24) is 0 Å². The summed E-state index contributed by atoms with van der Waals surface area (Å²) in [6.45, 7) is 9.10. The number of hydrogen-bond donors (Lipinski definition) is 0. The van der Waals surface area contributed by atoms with Gasteiger partial charge in [0.1, 0.15) is 5.75 Å². The van der Waals surface area contributed by atoms with Crippen LogP contribution in [0.3, 0.4) is 0 Å². The molecule has 0 heterocycles. The van der Waals surface area contributed by atoms with E-state index in [0.29, 0.717) is 0 Å².